The van der Waals surface area contributed by atoms with Gasteiger partial charge in [-0.1, -0.05) is 18.2 Å². The van der Waals surface area contributed by atoms with Crippen LogP contribution < -0.4 is 5.32 Å². The minimum atomic E-state index is 0. The molecule has 2 rings (SSSR count). The van der Waals surface area contributed by atoms with Crippen LogP contribution in [0.3, 0.4) is 0 Å². The van der Waals surface area contributed by atoms with Gasteiger partial charge in [0.25, 0.3) is 0 Å². The molecule has 0 aliphatic carbocycles. The predicted octanol–water partition coefficient (Wildman–Crippen LogP) is 3.72. The quantitative estimate of drug-likeness (QED) is 0.210. The SMILES string of the molecule is CCNC(=NCCOCC)N1CCC(CSc2ccccc2)C1.I. The van der Waals surface area contributed by atoms with Gasteiger partial charge in [0, 0.05) is 36.9 Å². The standard InChI is InChI=1S/C18H29N3OS.HI/c1-3-19-18(20-11-13-22-4-2)21-12-10-16(14-21)15-23-17-8-6-5-7-9-17;/h5-9,16H,3-4,10-15H2,1-2H3,(H,19,20);1H. The molecular formula is C18H30IN3OS. The number of nitrogens with one attached hydrogen (secondary N) is 1. The summed E-state index contributed by atoms with van der Waals surface area (Å²) in [6.07, 6.45) is 1.25. The number of benzene rings is 1. The number of ether oxygens (including phenoxy) is 1. The van der Waals surface area contributed by atoms with Crippen LogP contribution in [-0.2, 0) is 4.74 Å². The summed E-state index contributed by atoms with van der Waals surface area (Å²) in [4.78, 5) is 8.44. The van der Waals surface area contributed by atoms with Gasteiger partial charge >= 0.3 is 0 Å². The summed E-state index contributed by atoms with van der Waals surface area (Å²) in [5.41, 5.74) is 0. The Kier molecular flexibility index (Phi) is 11.5. The molecule has 0 aromatic heterocycles. The number of hydrogen-bond donors (Lipinski definition) is 1. The second-order valence-corrected chi connectivity index (χ2v) is 6.75. The number of halogens is 1. The van der Waals surface area contributed by atoms with Crippen molar-refractivity contribution in [1.82, 2.24) is 10.2 Å². The molecule has 24 heavy (non-hydrogen) atoms. The van der Waals surface area contributed by atoms with Crippen molar-refractivity contribution >= 4 is 41.7 Å². The summed E-state index contributed by atoms with van der Waals surface area (Å²) in [6.45, 7) is 9.44. The van der Waals surface area contributed by atoms with E-state index in [0.29, 0.717) is 6.61 Å². The van der Waals surface area contributed by atoms with Crippen LogP contribution in [0.15, 0.2) is 40.2 Å². The molecule has 1 aliphatic rings. The van der Waals surface area contributed by atoms with E-state index in [1.54, 1.807) is 0 Å². The number of aliphatic imine (C=N–C) groups is 1. The van der Waals surface area contributed by atoms with E-state index < -0.39 is 0 Å². The van der Waals surface area contributed by atoms with Gasteiger partial charge in [0.05, 0.1) is 13.2 Å². The Balaban J connectivity index is 0.00000288. The highest BCUT2D eigenvalue weighted by atomic mass is 127. The summed E-state index contributed by atoms with van der Waals surface area (Å²) >= 11 is 1.96. The summed E-state index contributed by atoms with van der Waals surface area (Å²) in [5.74, 6) is 2.95. The molecule has 0 bridgehead atoms. The third kappa shape index (κ3) is 7.61. The van der Waals surface area contributed by atoms with Gasteiger partial charge in [0.2, 0.25) is 0 Å². The van der Waals surface area contributed by atoms with Gasteiger partial charge in [-0.25, -0.2) is 0 Å². The van der Waals surface area contributed by atoms with Crippen LogP contribution >= 0.6 is 35.7 Å². The van der Waals surface area contributed by atoms with Crippen molar-refractivity contribution < 1.29 is 4.74 Å². The molecule has 136 valence electrons. The molecule has 1 fully saturated rings. The van der Waals surface area contributed by atoms with Crippen LogP contribution in [-0.4, -0.2) is 56.0 Å². The maximum atomic E-state index is 5.38. The molecular weight excluding hydrogens is 433 g/mol. The van der Waals surface area contributed by atoms with Crippen LogP contribution in [0.5, 0.6) is 0 Å². The Morgan fingerprint density at radius 1 is 1.33 bits per heavy atom. The first-order valence-electron chi connectivity index (χ1n) is 8.62. The number of nitrogens with zero attached hydrogens (tertiary/aromatic N) is 2. The third-order valence-corrected chi connectivity index (χ3v) is 5.09. The van der Waals surface area contributed by atoms with Crippen molar-refractivity contribution in [2.75, 3.05) is 45.1 Å². The molecule has 1 aromatic rings. The van der Waals surface area contributed by atoms with Gasteiger partial charge in [-0.2, -0.15) is 0 Å². The first kappa shape index (κ1) is 21.6. The third-order valence-electron chi connectivity index (χ3n) is 3.85. The fraction of sp³-hybridized carbons (Fsp3) is 0.611. The molecule has 0 radical (unpaired) electrons. The molecule has 0 amide bonds. The summed E-state index contributed by atoms with van der Waals surface area (Å²) < 4.78 is 5.38. The minimum absolute atomic E-state index is 0. The van der Waals surface area contributed by atoms with Crippen molar-refractivity contribution in [3.63, 3.8) is 0 Å². The lowest BCUT2D eigenvalue weighted by molar-refractivity contribution is 0.155. The van der Waals surface area contributed by atoms with Crippen LogP contribution in [0.4, 0.5) is 0 Å². The van der Waals surface area contributed by atoms with Gasteiger partial charge < -0.3 is 15.0 Å². The fourth-order valence-electron chi connectivity index (χ4n) is 2.68. The van der Waals surface area contributed by atoms with E-state index >= 15 is 0 Å². The summed E-state index contributed by atoms with van der Waals surface area (Å²) in [5, 5.41) is 3.41. The van der Waals surface area contributed by atoms with E-state index in [9.17, 15) is 0 Å². The van der Waals surface area contributed by atoms with E-state index in [0.717, 1.165) is 44.7 Å². The van der Waals surface area contributed by atoms with E-state index in [-0.39, 0.29) is 24.0 Å². The largest absolute Gasteiger partial charge is 0.380 e. The normalized spacial score (nSPS) is 17.7. The molecule has 1 heterocycles. The lowest BCUT2D eigenvalue weighted by atomic mass is 10.2. The number of rotatable bonds is 8. The molecule has 4 nitrogen and oxygen atoms in total. The van der Waals surface area contributed by atoms with E-state index in [2.05, 4.69) is 52.5 Å². The summed E-state index contributed by atoms with van der Waals surface area (Å²) in [6, 6.07) is 10.7. The van der Waals surface area contributed by atoms with Crippen LogP contribution in [0.25, 0.3) is 0 Å². The zero-order valence-electron chi connectivity index (χ0n) is 14.7. The zero-order valence-corrected chi connectivity index (χ0v) is 17.9. The van der Waals surface area contributed by atoms with Crippen LogP contribution in [0.2, 0.25) is 0 Å². The average molecular weight is 463 g/mol. The van der Waals surface area contributed by atoms with Gasteiger partial charge in [0.15, 0.2) is 5.96 Å². The fourth-order valence-corrected chi connectivity index (χ4v) is 3.73. The average Bonchev–Trinajstić information content (AvgIpc) is 3.06. The maximum Gasteiger partial charge on any atom is 0.194 e. The van der Waals surface area contributed by atoms with Gasteiger partial charge in [0.1, 0.15) is 0 Å². The second-order valence-electron chi connectivity index (χ2n) is 5.66. The lowest BCUT2D eigenvalue weighted by Crippen LogP contribution is -2.40. The van der Waals surface area contributed by atoms with Gasteiger partial charge in [-0.05, 0) is 38.3 Å². The smallest absolute Gasteiger partial charge is 0.194 e. The Morgan fingerprint density at radius 2 is 2.12 bits per heavy atom. The molecule has 6 heteroatoms. The molecule has 1 saturated heterocycles. The first-order valence-corrected chi connectivity index (χ1v) is 9.60. The Bertz CT molecular complexity index is 473. The van der Waals surface area contributed by atoms with Crippen molar-refractivity contribution in [3.05, 3.63) is 30.3 Å². The van der Waals surface area contributed by atoms with Crippen LogP contribution in [0.1, 0.15) is 20.3 Å². The molecule has 0 spiro atoms. The van der Waals surface area contributed by atoms with E-state index in [1.807, 2.05) is 18.7 Å². The zero-order chi connectivity index (χ0) is 16.3. The lowest BCUT2D eigenvalue weighted by Gasteiger charge is -2.21. The first-order chi connectivity index (χ1) is 11.3. The van der Waals surface area contributed by atoms with Gasteiger partial charge in [-0.15, -0.1) is 35.7 Å². The van der Waals surface area contributed by atoms with Crippen molar-refractivity contribution in [2.24, 2.45) is 10.9 Å². The molecule has 1 unspecified atom stereocenters. The van der Waals surface area contributed by atoms with Crippen molar-refractivity contribution in [2.45, 2.75) is 25.2 Å². The van der Waals surface area contributed by atoms with Crippen molar-refractivity contribution in [1.29, 1.82) is 0 Å². The Labute approximate surface area is 167 Å². The molecule has 0 saturated carbocycles. The second kappa shape index (κ2) is 12.8. The molecule has 1 N–H and O–H groups in total. The Hall–Kier alpha value is -0.470. The highest BCUT2D eigenvalue weighted by Crippen LogP contribution is 2.25. The monoisotopic (exact) mass is 463 g/mol. The summed E-state index contributed by atoms with van der Waals surface area (Å²) in [7, 11) is 0. The van der Waals surface area contributed by atoms with E-state index in [4.69, 9.17) is 4.74 Å². The van der Waals surface area contributed by atoms with Gasteiger partial charge in [-0.3, -0.25) is 4.99 Å². The highest BCUT2D eigenvalue weighted by molar-refractivity contribution is 14.0. The Morgan fingerprint density at radius 3 is 2.83 bits per heavy atom. The molecule has 1 atom stereocenters. The highest BCUT2D eigenvalue weighted by Gasteiger charge is 2.24. The maximum absolute atomic E-state index is 5.38. The van der Waals surface area contributed by atoms with Crippen molar-refractivity contribution in [3.8, 4) is 0 Å². The number of guanidine groups is 1. The topological polar surface area (TPSA) is 36.9 Å². The predicted molar refractivity (Wildman–Crippen MR) is 115 cm³/mol. The van der Waals surface area contributed by atoms with Crippen LogP contribution in [0, 0.1) is 5.92 Å². The minimum Gasteiger partial charge on any atom is -0.380 e. The number of likely N-dealkylation sites (tertiary alicyclic amines) is 1. The number of thioether (sulfide) groups is 1. The molecule has 1 aliphatic heterocycles. The number of hydrogen-bond acceptors (Lipinski definition) is 3. The molecule has 1 aromatic carbocycles. The van der Waals surface area contributed by atoms with E-state index in [1.165, 1.54) is 17.1 Å².